The fourth-order valence-corrected chi connectivity index (χ4v) is 5.78. The molecule has 0 spiro atoms. The third-order valence-electron chi connectivity index (χ3n) is 2.53. The first-order valence-corrected chi connectivity index (χ1v) is 13.6. The Morgan fingerprint density at radius 2 is 1.91 bits per heavy atom. The Morgan fingerprint density at radius 3 is 2.18 bits per heavy atom. The summed E-state index contributed by atoms with van der Waals surface area (Å²) in [6, 6.07) is 0. The average Bonchev–Trinajstić information content (AvgIpc) is 1.86. The summed E-state index contributed by atoms with van der Waals surface area (Å²) in [5.74, 6) is 0. The minimum atomic E-state index is -1.75. The van der Waals surface area contributed by atoms with Crippen LogP contribution >= 0.6 is 0 Å². The van der Waals surface area contributed by atoms with Gasteiger partial charge >= 0.3 is 75.3 Å². The van der Waals surface area contributed by atoms with E-state index in [0.29, 0.717) is 0 Å². The van der Waals surface area contributed by atoms with Crippen LogP contribution in [0, 0.1) is 0 Å². The van der Waals surface area contributed by atoms with Crippen LogP contribution < -0.4 is 0 Å². The summed E-state index contributed by atoms with van der Waals surface area (Å²) >= 11 is -1.75. The third-order valence-corrected chi connectivity index (χ3v) is 15.4. The third kappa shape index (κ3) is 4.00. The van der Waals surface area contributed by atoms with Crippen molar-refractivity contribution in [3.05, 3.63) is 24.8 Å². The van der Waals surface area contributed by atoms with Crippen LogP contribution in [0.15, 0.2) is 24.8 Å². The molecule has 0 amide bonds. The quantitative estimate of drug-likeness (QED) is 0.531. The van der Waals surface area contributed by atoms with Crippen molar-refractivity contribution in [2.75, 3.05) is 0 Å². The first kappa shape index (κ1) is 11.3. The van der Waals surface area contributed by atoms with Gasteiger partial charge in [0.2, 0.25) is 0 Å². The summed E-state index contributed by atoms with van der Waals surface area (Å²) in [7, 11) is 0. The van der Waals surface area contributed by atoms with E-state index in [1.807, 2.05) is 6.08 Å². The zero-order valence-electron chi connectivity index (χ0n) is 8.28. The van der Waals surface area contributed by atoms with Crippen molar-refractivity contribution in [2.45, 2.75) is 32.1 Å². The Morgan fingerprint density at radius 1 is 1.45 bits per heavy atom. The van der Waals surface area contributed by atoms with E-state index in [2.05, 4.69) is 36.9 Å². The number of rotatable bonds is 4. The molecule has 0 N–H and O–H groups in total. The molecule has 0 atom stereocenters. The van der Waals surface area contributed by atoms with Crippen LogP contribution in [0.2, 0.25) is 18.2 Å². The maximum absolute atomic E-state index is 3.98. The van der Waals surface area contributed by atoms with E-state index in [1.54, 1.807) is 0 Å². The zero-order chi connectivity index (χ0) is 9.07. The van der Waals surface area contributed by atoms with Crippen molar-refractivity contribution in [1.29, 1.82) is 0 Å². The Balaban J connectivity index is 4.11. The molecular formula is C10H20Sn. The molecule has 0 nitrogen and oxygen atoms in total. The molecule has 0 aromatic heterocycles. The summed E-state index contributed by atoms with van der Waals surface area (Å²) in [6.45, 7) is 12.4. The first-order chi connectivity index (χ1) is 4.90. The molecule has 0 rings (SSSR count). The predicted molar refractivity (Wildman–Crippen MR) is 56.7 cm³/mol. The summed E-state index contributed by atoms with van der Waals surface area (Å²) in [4.78, 5) is 4.96. The predicted octanol–water partition coefficient (Wildman–Crippen LogP) is 3.85. The average molecular weight is 259 g/mol. The molecule has 0 unspecified atom stereocenters. The van der Waals surface area contributed by atoms with E-state index in [4.69, 9.17) is 0 Å². The molecule has 11 heavy (non-hydrogen) atoms. The van der Waals surface area contributed by atoms with Gasteiger partial charge in [0.15, 0.2) is 0 Å². The van der Waals surface area contributed by atoms with E-state index in [9.17, 15) is 0 Å². The van der Waals surface area contributed by atoms with Crippen molar-refractivity contribution < 1.29 is 0 Å². The van der Waals surface area contributed by atoms with Crippen molar-refractivity contribution in [2.24, 2.45) is 0 Å². The summed E-state index contributed by atoms with van der Waals surface area (Å²) < 4.78 is 2.16. The fourth-order valence-electron chi connectivity index (χ4n) is 0.862. The van der Waals surface area contributed by atoms with E-state index >= 15 is 0 Å². The second-order valence-corrected chi connectivity index (χ2v) is 19.8. The number of hydrogen-bond donors (Lipinski definition) is 0. The summed E-state index contributed by atoms with van der Waals surface area (Å²) in [5.41, 5.74) is 1.24. The molecule has 0 heterocycles. The molecule has 0 saturated heterocycles. The normalized spacial score (nSPS) is 11.7. The van der Waals surface area contributed by atoms with Crippen LogP contribution in [-0.4, -0.2) is 18.4 Å². The SMILES string of the molecule is C=CC(=C)[CH2][Sn]([CH3])([CH3])[CH](C)C. The molecular weight excluding hydrogens is 239 g/mol. The Kier molecular flexibility index (Phi) is 4.45. The molecule has 0 aromatic carbocycles. The van der Waals surface area contributed by atoms with Gasteiger partial charge in [-0.25, -0.2) is 0 Å². The maximum atomic E-state index is 3.98. The molecule has 0 aliphatic heterocycles. The van der Waals surface area contributed by atoms with Gasteiger partial charge < -0.3 is 0 Å². The molecule has 1 heteroatoms. The van der Waals surface area contributed by atoms with Crippen LogP contribution in [0.3, 0.4) is 0 Å². The molecule has 0 aliphatic rings. The Hall–Kier alpha value is 0.279. The molecule has 0 fully saturated rings. The molecule has 0 aliphatic carbocycles. The van der Waals surface area contributed by atoms with Crippen LogP contribution in [0.25, 0.3) is 0 Å². The van der Waals surface area contributed by atoms with Crippen LogP contribution in [0.1, 0.15) is 13.8 Å². The monoisotopic (exact) mass is 260 g/mol. The van der Waals surface area contributed by atoms with Gasteiger partial charge in [0.05, 0.1) is 0 Å². The molecule has 0 radical (unpaired) electrons. The van der Waals surface area contributed by atoms with Crippen molar-refractivity contribution in [3.8, 4) is 0 Å². The molecule has 0 bridgehead atoms. The standard InChI is InChI=1S/C5H7.C3H7.2CH3.Sn/c1-4-5(2)3;1-3-2;;;/h4H,1-3H2;3H,1-2H3;2*1H3;. The Labute approximate surface area is 75.3 Å². The summed E-state index contributed by atoms with van der Waals surface area (Å²) in [5, 5.41) is 0. The molecule has 64 valence electrons. The first-order valence-electron chi connectivity index (χ1n) is 4.20. The minimum absolute atomic E-state index is 0.904. The Bertz CT molecular complexity index is 154. The van der Waals surface area contributed by atoms with Crippen LogP contribution in [0.4, 0.5) is 0 Å². The van der Waals surface area contributed by atoms with Crippen LogP contribution in [-0.2, 0) is 0 Å². The number of allylic oxidation sites excluding steroid dienone is 2. The topological polar surface area (TPSA) is 0 Å². The fraction of sp³-hybridized carbons (Fsp3) is 0.600. The van der Waals surface area contributed by atoms with Gasteiger partial charge in [0, 0.05) is 0 Å². The zero-order valence-corrected chi connectivity index (χ0v) is 11.1. The second-order valence-electron chi connectivity index (χ2n) is 4.18. The van der Waals surface area contributed by atoms with Gasteiger partial charge in [-0.2, -0.15) is 0 Å². The van der Waals surface area contributed by atoms with Gasteiger partial charge in [-0.05, 0) is 0 Å². The van der Waals surface area contributed by atoms with Gasteiger partial charge in [-0.1, -0.05) is 0 Å². The van der Waals surface area contributed by atoms with Crippen molar-refractivity contribution in [3.63, 3.8) is 0 Å². The molecule has 0 saturated carbocycles. The van der Waals surface area contributed by atoms with E-state index in [0.717, 1.165) is 3.93 Å². The second kappa shape index (κ2) is 4.34. The van der Waals surface area contributed by atoms with Gasteiger partial charge in [-0.15, -0.1) is 0 Å². The molecule has 0 aromatic rings. The van der Waals surface area contributed by atoms with E-state index in [-0.39, 0.29) is 0 Å². The van der Waals surface area contributed by atoms with Gasteiger partial charge in [0.1, 0.15) is 0 Å². The number of hydrogen-bond acceptors (Lipinski definition) is 0. The van der Waals surface area contributed by atoms with E-state index in [1.165, 1.54) is 10.0 Å². The van der Waals surface area contributed by atoms with Crippen molar-refractivity contribution in [1.82, 2.24) is 0 Å². The van der Waals surface area contributed by atoms with Crippen molar-refractivity contribution >= 4 is 18.4 Å². The van der Waals surface area contributed by atoms with Gasteiger partial charge in [0.25, 0.3) is 0 Å². The van der Waals surface area contributed by atoms with Gasteiger partial charge in [-0.3, -0.25) is 0 Å². The van der Waals surface area contributed by atoms with E-state index < -0.39 is 18.4 Å². The van der Waals surface area contributed by atoms with Crippen LogP contribution in [0.5, 0.6) is 0 Å². The summed E-state index contributed by atoms with van der Waals surface area (Å²) in [6.07, 6.45) is 1.90.